The van der Waals surface area contributed by atoms with Gasteiger partial charge in [-0.15, -0.1) is 0 Å². The Kier molecular flexibility index (Phi) is 3.76. The summed E-state index contributed by atoms with van der Waals surface area (Å²) in [6.45, 7) is 2.71. The Balaban J connectivity index is 1.75. The van der Waals surface area contributed by atoms with Crippen LogP contribution in [0.5, 0.6) is 0 Å². The lowest BCUT2D eigenvalue weighted by molar-refractivity contribution is 0.138. The lowest BCUT2D eigenvalue weighted by Gasteiger charge is -2.18. The molecule has 0 saturated heterocycles. The fraction of sp³-hybridized carbons (Fsp3) is 0.714. The Labute approximate surface area is 119 Å². The Bertz CT molecular complexity index is 489. The van der Waals surface area contributed by atoms with Crippen LogP contribution >= 0.6 is 0 Å². The van der Waals surface area contributed by atoms with Gasteiger partial charge < -0.3 is 15.8 Å². The molecule has 0 amide bonds. The standard InChI is InChI=1S/C14H23N5O/c1-8-12(16-7-10-3-2-4-11(10)20)17-14(9-5-6-9)18-13(8)19-15/h9-11,20H,2-7,15H2,1H3,(H2,16,17,18,19). The van der Waals surface area contributed by atoms with Gasteiger partial charge in [0.05, 0.1) is 6.10 Å². The van der Waals surface area contributed by atoms with E-state index in [-0.39, 0.29) is 6.10 Å². The summed E-state index contributed by atoms with van der Waals surface area (Å²) in [5, 5.41) is 13.3. The minimum absolute atomic E-state index is 0.181. The van der Waals surface area contributed by atoms with Crippen molar-refractivity contribution in [2.75, 3.05) is 17.3 Å². The molecule has 1 aromatic rings. The van der Waals surface area contributed by atoms with Gasteiger partial charge in [0.15, 0.2) is 0 Å². The van der Waals surface area contributed by atoms with Crippen molar-refractivity contribution in [3.63, 3.8) is 0 Å². The number of nitrogens with zero attached hydrogens (tertiary/aromatic N) is 2. The maximum absolute atomic E-state index is 9.88. The fourth-order valence-electron chi connectivity index (χ4n) is 2.85. The molecule has 2 unspecified atom stereocenters. The van der Waals surface area contributed by atoms with Gasteiger partial charge >= 0.3 is 0 Å². The fourth-order valence-corrected chi connectivity index (χ4v) is 2.85. The summed E-state index contributed by atoms with van der Waals surface area (Å²) in [6, 6.07) is 0. The number of hydrogen-bond donors (Lipinski definition) is 4. The molecule has 6 nitrogen and oxygen atoms in total. The van der Waals surface area contributed by atoms with E-state index in [1.54, 1.807) is 0 Å². The second kappa shape index (κ2) is 5.54. The van der Waals surface area contributed by atoms with Crippen molar-refractivity contribution < 1.29 is 5.11 Å². The van der Waals surface area contributed by atoms with Gasteiger partial charge in [-0.25, -0.2) is 15.8 Å². The number of hydrogen-bond acceptors (Lipinski definition) is 6. The Morgan fingerprint density at radius 1 is 1.20 bits per heavy atom. The monoisotopic (exact) mass is 277 g/mol. The summed E-state index contributed by atoms with van der Waals surface area (Å²) in [6.07, 6.45) is 5.24. The summed E-state index contributed by atoms with van der Waals surface area (Å²) < 4.78 is 0. The molecule has 110 valence electrons. The molecule has 20 heavy (non-hydrogen) atoms. The van der Waals surface area contributed by atoms with E-state index in [1.165, 1.54) is 0 Å². The van der Waals surface area contributed by atoms with E-state index in [1.807, 2.05) is 6.92 Å². The number of aliphatic hydroxyl groups is 1. The van der Waals surface area contributed by atoms with Crippen LogP contribution < -0.4 is 16.6 Å². The quantitative estimate of drug-likeness (QED) is 0.481. The molecule has 1 heterocycles. The number of rotatable bonds is 5. The van der Waals surface area contributed by atoms with E-state index in [4.69, 9.17) is 5.84 Å². The van der Waals surface area contributed by atoms with Crippen LogP contribution in [-0.4, -0.2) is 27.7 Å². The summed E-state index contributed by atoms with van der Waals surface area (Å²) in [5.74, 6) is 8.76. The van der Waals surface area contributed by atoms with Gasteiger partial charge in [0.25, 0.3) is 0 Å². The Hall–Kier alpha value is -1.40. The van der Waals surface area contributed by atoms with Crippen molar-refractivity contribution >= 4 is 11.6 Å². The molecule has 2 fully saturated rings. The highest BCUT2D eigenvalue weighted by Gasteiger charge is 2.29. The van der Waals surface area contributed by atoms with E-state index in [9.17, 15) is 5.11 Å². The van der Waals surface area contributed by atoms with E-state index >= 15 is 0 Å². The highest BCUT2D eigenvalue weighted by molar-refractivity contribution is 5.57. The zero-order chi connectivity index (χ0) is 14.1. The van der Waals surface area contributed by atoms with Crippen LogP contribution in [0.25, 0.3) is 0 Å². The van der Waals surface area contributed by atoms with E-state index < -0.39 is 0 Å². The van der Waals surface area contributed by atoms with Crippen LogP contribution in [-0.2, 0) is 0 Å². The van der Waals surface area contributed by atoms with Crippen molar-refractivity contribution in [3.8, 4) is 0 Å². The maximum Gasteiger partial charge on any atom is 0.148 e. The zero-order valence-electron chi connectivity index (χ0n) is 11.9. The second-order valence-corrected chi connectivity index (χ2v) is 5.96. The summed E-state index contributed by atoms with van der Waals surface area (Å²) >= 11 is 0. The lowest BCUT2D eigenvalue weighted by Crippen LogP contribution is -2.23. The van der Waals surface area contributed by atoms with Gasteiger partial charge in [0.1, 0.15) is 17.5 Å². The summed E-state index contributed by atoms with van der Waals surface area (Å²) in [5.41, 5.74) is 3.59. The first-order valence-corrected chi connectivity index (χ1v) is 7.46. The van der Waals surface area contributed by atoms with Crippen LogP contribution in [0.3, 0.4) is 0 Å². The van der Waals surface area contributed by atoms with E-state index in [0.717, 1.165) is 55.9 Å². The molecule has 2 aliphatic rings. The highest BCUT2D eigenvalue weighted by Crippen LogP contribution is 2.39. The number of aromatic nitrogens is 2. The van der Waals surface area contributed by atoms with E-state index in [0.29, 0.717) is 17.7 Å². The molecular weight excluding hydrogens is 254 g/mol. The largest absolute Gasteiger partial charge is 0.393 e. The van der Waals surface area contributed by atoms with Gasteiger partial charge in [-0.05, 0) is 32.6 Å². The SMILES string of the molecule is Cc1c(NN)nc(C2CC2)nc1NCC1CCCC1O. The number of anilines is 2. The Morgan fingerprint density at radius 2 is 1.95 bits per heavy atom. The van der Waals surface area contributed by atoms with Gasteiger partial charge in [-0.1, -0.05) is 6.42 Å². The summed E-state index contributed by atoms with van der Waals surface area (Å²) in [4.78, 5) is 9.10. The van der Waals surface area contributed by atoms with Crippen LogP contribution in [0.2, 0.25) is 0 Å². The second-order valence-electron chi connectivity index (χ2n) is 5.96. The van der Waals surface area contributed by atoms with Crippen LogP contribution in [0, 0.1) is 12.8 Å². The van der Waals surface area contributed by atoms with Gasteiger partial charge in [-0.3, -0.25) is 0 Å². The normalized spacial score (nSPS) is 25.8. The zero-order valence-corrected chi connectivity index (χ0v) is 11.9. The Morgan fingerprint density at radius 3 is 2.55 bits per heavy atom. The molecule has 0 radical (unpaired) electrons. The highest BCUT2D eigenvalue weighted by atomic mass is 16.3. The smallest absolute Gasteiger partial charge is 0.148 e. The van der Waals surface area contributed by atoms with Gasteiger partial charge in [0.2, 0.25) is 0 Å². The molecule has 0 aromatic carbocycles. The van der Waals surface area contributed by atoms with Crippen molar-refractivity contribution in [1.29, 1.82) is 0 Å². The van der Waals surface area contributed by atoms with Gasteiger partial charge in [-0.2, -0.15) is 0 Å². The van der Waals surface area contributed by atoms with Gasteiger partial charge in [0, 0.05) is 23.9 Å². The predicted octanol–water partition coefficient (Wildman–Crippen LogP) is 1.52. The van der Waals surface area contributed by atoms with Crippen molar-refractivity contribution in [3.05, 3.63) is 11.4 Å². The molecule has 5 N–H and O–H groups in total. The van der Waals surface area contributed by atoms with Crippen molar-refractivity contribution in [1.82, 2.24) is 9.97 Å². The minimum atomic E-state index is -0.181. The molecule has 6 heteroatoms. The van der Waals surface area contributed by atoms with Crippen LogP contribution in [0.4, 0.5) is 11.6 Å². The average Bonchev–Trinajstić information content (AvgIpc) is 3.21. The third-order valence-electron chi connectivity index (χ3n) is 4.39. The van der Waals surface area contributed by atoms with Crippen LogP contribution in [0.1, 0.15) is 49.4 Å². The molecular formula is C14H23N5O. The number of aliphatic hydroxyl groups excluding tert-OH is 1. The first kappa shape index (κ1) is 13.6. The van der Waals surface area contributed by atoms with E-state index in [2.05, 4.69) is 20.7 Å². The molecule has 2 aliphatic carbocycles. The van der Waals surface area contributed by atoms with Crippen molar-refractivity contribution in [2.45, 2.75) is 51.0 Å². The minimum Gasteiger partial charge on any atom is -0.393 e. The molecule has 2 atom stereocenters. The number of nitrogens with two attached hydrogens (primary N) is 1. The first-order valence-electron chi connectivity index (χ1n) is 7.46. The summed E-state index contributed by atoms with van der Waals surface area (Å²) in [7, 11) is 0. The average molecular weight is 277 g/mol. The molecule has 1 aromatic heterocycles. The van der Waals surface area contributed by atoms with Crippen LogP contribution in [0.15, 0.2) is 0 Å². The number of hydrazine groups is 1. The lowest BCUT2D eigenvalue weighted by atomic mass is 10.1. The number of nitrogens with one attached hydrogen (secondary N) is 2. The maximum atomic E-state index is 9.88. The topological polar surface area (TPSA) is 96.1 Å². The number of nitrogen functional groups attached to an aromatic ring is 1. The molecule has 3 rings (SSSR count). The van der Waals surface area contributed by atoms with Crippen molar-refractivity contribution in [2.24, 2.45) is 11.8 Å². The predicted molar refractivity (Wildman–Crippen MR) is 78.4 cm³/mol. The molecule has 0 aliphatic heterocycles. The third-order valence-corrected chi connectivity index (χ3v) is 4.39. The first-order chi connectivity index (χ1) is 9.69. The molecule has 0 spiro atoms. The molecule has 2 saturated carbocycles. The molecule has 0 bridgehead atoms. The third kappa shape index (κ3) is 2.71.